The molecule has 1 atom stereocenters. The summed E-state index contributed by atoms with van der Waals surface area (Å²) in [6.07, 6.45) is 0. The first-order valence-corrected chi connectivity index (χ1v) is 4.79. The van der Waals surface area contributed by atoms with Crippen LogP contribution >= 0.6 is 0 Å². The van der Waals surface area contributed by atoms with E-state index in [9.17, 15) is 4.79 Å². The van der Waals surface area contributed by atoms with Crippen molar-refractivity contribution in [3.05, 3.63) is 35.9 Å². The number of hydrogen-bond donors (Lipinski definition) is 2. The molecule has 0 spiro atoms. The number of amides is 1. The maximum absolute atomic E-state index is 11.2. The molecule has 0 heterocycles. The Morgan fingerprint density at radius 1 is 1.47 bits per heavy atom. The molecule has 0 saturated heterocycles. The van der Waals surface area contributed by atoms with Crippen molar-refractivity contribution in [2.45, 2.75) is 13.0 Å². The van der Waals surface area contributed by atoms with Gasteiger partial charge in [0.05, 0.1) is 0 Å². The Labute approximate surface area is 89.7 Å². The molecule has 0 aliphatic heterocycles. The van der Waals surface area contributed by atoms with Gasteiger partial charge in [-0.3, -0.25) is 4.79 Å². The van der Waals surface area contributed by atoms with E-state index < -0.39 is 0 Å². The molecule has 15 heavy (non-hydrogen) atoms. The van der Waals surface area contributed by atoms with Crippen LogP contribution in [0.15, 0.2) is 30.3 Å². The topological polar surface area (TPSA) is 55.1 Å². The maximum atomic E-state index is 11.2. The molecular weight excluding hydrogens is 188 g/mol. The fourth-order valence-electron chi connectivity index (χ4n) is 0.948. The van der Waals surface area contributed by atoms with Gasteiger partial charge < -0.3 is 11.1 Å². The number of nitrogens with one attached hydrogen (secondary N) is 1. The van der Waals surface area contributed by atoms with Crippen molar-refractivity contribution in [2.75, 3.05) is 6.54 Å². The molecule has 3 nitrogen and oxygen atoms in total. The number of carbonyl (C=O) groups excluding carboxylic acids is 1. The third-order valence-electron chi connectivity index (χ3n) is 1.68. The molecule has 1 rings (SSSR count). The molecule has 1 unspecified atom stereocenters. The van der Waals surface area contributed by atoms with E-state index in [0.29, 0.717) is 6.54 Å². The molecule has 0 fully saturated rings. The zero-order valence-electron chi connectivity index (χ0n) is 8.66. The van der Waals surface area contributed by atoms with Gasteiger partial charge in [0, 0.05) is 24.1 Å². The van der Waals surface area contributed by atoms with E-state index in [0.717, 1.165) is 5.56 Å². The van der Waals surface area contributed by atoms with E-state index in [-0.39, 0.29) is 11.9 Å². The standard InChI is InChI=1S/C12H14N2O/c1-10(13)9-14-12(15)8-7-11-5-3-2-4-6-11/h2-6,10H,9,13H2,1H3,(H,14,15). The van der Waals surface area contributed by atoms with Crippen LogP contribution in [0.25, 0.3) is 0 Å². The zero-order valence-corrected chi connectivity index (χ0v) is 8.66. The highest BCUT2D eigenvalue weighted by Crippen LogP contribution is 1.94. The molecule has 3 N–H and O–H groups in total. The zero-order chi connectivity index (χ0) is 11.1. The van der Waals surface area contributed by atoms with Gasteiger partial charge in [-0.05, 0) is 19.1 Å². The lowest BCUT2D eigenvalue weighted by Gasteiger charge is -2.02. The predicted molar refractivity (Wildman–Crippen MR) is 60.0 cm³/mol. The van der Waals surface area contributed by atoms with Crippen molar-refractivity contribution >= 4 is 5.91 Å². The van der Waals surface area contributed by atoms with E-state index in [1.165, 1.54) is 0 Å². The summed E-state index contributed by atoms with van der Waals surface area (Å²) in [5, 5.41) is 2.61. The first kappa shape index (κ1) is 11.3. The van der Waals surface area contributed by atoms with Gasteiger partial charge in [-0.25, -0.2) is 0 Å². The number of nitrogens with two attached hydrogens (primary N) is 1. The van der Waals surface area contributed by atoms with Crippen LogP contribution in [-0.4, -0.2) is 18.5 Å². The molecule has 0 aromatic heterocycles. The Hall–Kier alpha value is -1.79. The average Bonchev–Trinajstić information content (AvgIpc) is 2.25. The van der Waals surface area contributed by atoms with Gasteiger partial charge in [-0.2, -0.15) is 0 Å². The number of rotatable bonds is 2. The van der Waals surface area contributed by atoms with Gasteiger partial charge in [0.25, 0.3) is 5.91 Å². The molecular formula is C12H14N2O. The third-order valence-corrected chi connectivity index (χ3v) is 1.68. The van der Waals surface area contributed by atoms with Crippen molar-refractivity contribution in [1.29, 1.82) is 0 Å². The van der Waals surface area contributed by atoms with Gasteiger partial charge in [0.15, 0.2) is 0 Å². The summed E-state index contributed by atoms with van der Waals surface area (Å²) in [4.78, 5) is 11.2. The van der Waals surface area contributed by atoms with Crippen LogP contribution in [0.4, 0.5) is 0 Å². The van der Waals surface area contributed by atoms with E-state index in [4.69, 9.17) is 5.73 Å². The quantitative estimate of drug-likeness (QED) is 0.686. The van der Waals surface area contributed by atoms with E-state index in [1.54, 1.807) is 0 Å². The fraction of sp³-hybridized carbons (Fsp3) is 0.250. The Morgan fingerprint density at radius 3 is 2.73 bits per heavy atom. The Balaban J connectivity index is 2.48. The second-order valence-corrected chi connectivity index (χ2v) is 3.30. The highest BCUT2D eigenvalue weighted by atomic mass is 16.1. The molecule has 0 aliphatic carbocycles. The highest BCUT2D eigenvalue weighted by molar-refractivity contribution is 5.94. The maximum Gasteiger partial charge on any atom is 0.296 e. The van der Waals surface area contributed by atoms with Gasteiger partial charge >= 0.3 is 0 Å². The van der Waals surface area contributed by atoms with Gasteiger partial charge in [-0.1, -0.05) is 24.1 Å². The van der Waals surface area contributed by atoms with Crippen LogP contribution in [-0.2, 0) is 4.79 Å². The lowest BCUT2D eigenvalue weighted by Crippen LogP contribution is -2.34. The normalized spacial score (nSPS) is 11.1. The van der Waals surface area contributed by atoms with Gasteiger partial charge in [0.1, 0.15) is 0 Å². The van der Waals surface area contributed by atoms with E-state index in [1.807, 2.05) is 37.3 Å². The lowest BCUT2D eigenvalue weighted by atomic mass is 10.2. The average molecular weight is 202 g/mol. The Kier molecular flexibility index (Phi) is 4.39. The number of carbonyl (C=O) groups is 1. The summed E-state index contributed by atoms with van der Waals surface area (Å²) in [5.41, 5.74) is 6.31. The minimum atomic E-state index is -0.295. The Morgan fingerprint density at radius 2 is 2.13 bits per heavy atom. The van der Waals surface area contributed by atoms with Crippen molar-refractivity contribution in [3.8, 4) is 11.8 Å². The monoisotopic (exact) mass is 202 g/mol. The predicted octanol–water partition coefficient (Wildman–Crippen LogP) is 0.501. The van der Waals surface area contributed by atoms with Crippen molar-refractivity contribution in [2.24, 2.45) is 5.73 Å². The van der Waals surface area contributed by atoms with Gasteiger partial charge in [0.2, 0.25) is 0 Å². The summed E-state index contributed by atoms with van der Waals surface area (Å²) in [6, 6.07) is 9.32. The Bertz CT molecular complexity index is 374. The molecule has 1 amide bonds. The second kappa shape index (κ2) is 5.84. The molecule has 78 valence electrons. The first-order valence-electron chi connectivity index (χ1n) is 4.79. The summed E-state index contributed by atoms with van der Waals surface area (Å²) < 4.78 is 0. The molecule has 0 saturated carbocycles. The molecule has 1 aromatic rings. The number of benzene rings is 1. The largest absolute Gasteiger partial charge is 0.344 e. The molecule has 1 aromatic carbocycles. The minimum absolute atomic E-state index is 0.0486. The summed E-state index contributed by atoms with van der Waals surface area (Å²) in [6.45, 7) is 2.27. The van der Waals surface area contributed by atoms with Crippen molar-refractivity contribution in [1.82, 2.24) is 5.32 Å². The third kappa shape index (κ3) is 4.84. The highest BCUT2D eigenvalue weighted by Gasteiger charge is 1.96. The van der Waals surface area contributed by atoms with E-state index in [2.05, 4.69) is 17.2 Å². The second-order valence-electron chi connectivity index (χ2n) is 3.30. The van der Waals surface area contributed by atoms with Crippen molar-refractivity contribution in [3.63, 3.8) is 0 Å². The van der Waals surface area contributed by atoms with Crippen LogP contribution in [0.3, 0.4) is 0 Å². The van der Waals surface area contributed by atoms with E-state index >= 15 is 0 Å². The summed E-state index contributed by atoms with van der Waals surface area (Å²) in [5.74, 6) is 4.97. The number of hydrogen-bond acceptors (Lipinski definition) is 2. The van der Waals surface area contributed by atoms with Crippen LogP contribution in [0.2, 0.25) is 0 Å². The molecule has 0 radical (unpaired) electrons. The molecule has 0 aliphatic rings. The van der Waals surface area contributed by atoms with Crippen LogP contribution in [0.1, 0.15) is 12.5 Å². The van der Waals surface area contributed by atoms with Crippen molar-refractivity contribution < 1.29 is 4.79 Å². The summed E-state index contributed by atoms with van der Waals surface area (Å²) in [7, 11) is 0. The lowest BCUT2D eigenvalue weighted by molar-refractivity contribution is -0.115. The molecule has 0 bridgehead atoms. The van der Waals surface area contributed by atoms with Gasteiger partial charge in [-0.15, -0.1) is 0 Å². The minimum Gasteiger partial charge on any atom is -0.344 e. The first-order chi connectivity index (χ1) is 7.18. The van der Waals surface area contributed by atoms with Crippen LogP contribution < -0.4 is 11.1 Å². The SMILES string of the molecule is CC(N)CNC(=O)C#Cc1ccccc1. The van der Waals surface area contributed by atoms with Crippen LogP contribution in [0.5, 0.6) is 0 Å². The van der Waals surface area contributed by atoms with Crippen LogP contribution in [0, 0.1) is 11.8 Å². The smallest absolute Gasteiger partial charge is 0.296 e. The molecule has 3 heteroatoms. The summed E-state index contributed by atoms with van der Waals surface area (Å²) >= 11 is 0. The fourth-order valence-corrected chi connectivity index (χ4v) is 0.948.